The molecule has 0 aromatic carbocycles. The minimum Gasteiger partial charge on any atom is -0.243 e. The summed E-state index contributed by atoms with van der Waals surface area (Å²) in [4.78, 5) is 3.86. The molecule has 4 nitrogen and oxygen atoms in total. The number of hydrogen-bond acceptors (Lipinski definition) is 3. The molecule has 5 heteroatoms. The maximum atomic E-state index is 11.1. The summed E-state index contributed by atoms with van der Waals surface area (Å²) in [6, 6.07) is 3.16. The largest absolute Gasteiger partial charge is 0.255 e. The molecule has 2 rings (SSSR count). The van der Waals surface area contributed by atoms with E-state index in [1.807, 2.05) is 0 Å². The molecule has 0 spiro atoms. The van der Waals surface area contributed by atoms with Crippen LogP contribution in [0.1, 0.15) is 25.3 Å². The second-order valence-electron chi connectivity index (χ2n) is 4.92. The third-order valence-corrected chi connectivity index (χ3v) is 4.24. The second-order valence-corrected chi connectivity index (χ2v) is 6.43. The molecule has 0 saturated heterocycles. The minimum absolute atomic E-state index is 0.0551. The van der Waals surface area contributed by atoms with Gasteiger partial charge in [-0.1, -0.05) is 19.9 Å². The fraction of sp³-hybridized carbons (Fsp3) is 0.417. The zero-order valence-corrected chi connectivity index (χ0v) is 10.5. The molecule has 0 unspecified atom stereocenters. The number of sulfonamides is 1. The van der Waals surface area contributed by atoms with Gasteiger partial charge in [0.15, 0.2) is 5.03 Å². The maximum Gasteiger partial charge on any atom is 0.255 e. The first-order valence-electron chi connectivity index (χ1n) is 5.23. The van der Waals surface area contributed by atoms with Crippen LogP contribution < -0.4 is 5.14 Å². The predicted molar refractivity (Wildman–Crippen MR) is 64.5 cm³/mol. The van der Waals surface area contributed by atoms with Crippen molar-refractivity contribution in [2.24, 2.45) is 16.5 Å². The lowest BCUT2D eigenvalue weighted by molar-refractivity contribution is 0.592. The molecule has 90 valence electrons. The summed E-state index contributed by atoms with van der Waals surface area (Å²) in [6.07, 6.45) is 7.00. The first-order chi connectivity index (χ1) is 7.78. The van der Waals surface area contributed by atoms with Crippen LogP contribution in [-0.4, -0.2) is 13.4 Å². The highest BCUT2D eigenvalue weighted by Crippen LogP contribution is 2.63. The van der Waals surface area contributed by atoms with Crippen LogP contribution in [0.25, 0.3) is 0 Å². The minimum atomic E-state index is -3.72. The summed E-state index contributed by atoms with van der Waals surface area (Å²) in [5.41, 5.74) is 1.02. The highest BCUT2D eigenvalue weighted by atomic mass is 32.2. The van der Waals surface area contributed by atoms with Gasteiger partial charge >= 0.3 is 0 Å². The van der Waals surface area contributed by atoms with E-state index < -0.39 is 10.0 Å². The fourth-order valence-corrected chi connectivity index (χ4v) is 2.77. The van der Waals surface area contributed by atoms with E-state index in [-0.39, 0.29) is 22.3 Å². The summed E-state index contributed by atoms with van der Waals surface area (Å²) < 4.78 is 22.1. The quantitative estimate of drug-likeness (QED) is 0.799. The van der Waals surface area contributed by atoms with Gasteiger partial charge in [0, 0.05) is 18.0 Å². The summed E-state index contributed by atoms with van der Waals surface area (Å²) >= 11 is 0. The summed E-state index contributed by atoms with van der Waals surface area (Å²) in [6.45, 7) is 4.19. The zero-order valence-electron chi connectivity index (χ0n) is 9.71. The standard InChI is InChI=1S/C12H14N2O2S/c1-4-9-11(12(9,2)3)8-5-6-10(14-7-8)17(13,15)16/h1,5-7,9,11H,2-3H3,(H2,13,15,16)/t9-,11-/m0/s1. The van der Waals surface area contributed by atoms with E-state index >= 15 is 0 Å². The van der Waals surface area contributed by atoms with Crippen LogP contribution in [0.15, 0.2) is 23.4 Å². The Bertz CT molecular complexity index is 582. The Morgan fingerprint density at radius 1 is 1.47 bits per heavy atom. The van der Waals surface area contributed by atoms with Gasteiger partial charge in [-0.25, -0.2) is 18.5 Å². The van der Waals surface area contributed by atoms with Crippen molar-refractivity contribution in [3.63, 3.8) is 0 Å². The first kappa shape index (κ1) is 12.1. The van der Waals surface area contributed by atoms with Crippen molar-refractivity contribution in [1.82, 2.24) is 4.98 Å². The number of terminal acetylenes is 1. The third kappa shape index (κ3) is 1.94. The number of nitrogens with two attached hydrogens (primary N) is 1. The Kier molecular flexibility index (Phi) is 2.53. The van der Waals surface area contributed by atoms with Gasteiger partial charge < -0.3 is 0 Å². The maximum absolute atomic E-state index is 11.1. The summed E-state index contributed by atoms with van der Waals surface area (Å²) in [5.74, 6) is 3.18. The third-order valence-electron chi connectivity index (χ3n) is 3.42. The summed E-state index contributed by atoms with van der Waals surface area (Å²) in [7, 11) is -3.72. The van der Waals surface area contributed by atoms with Gasteiger partial charge in [0.25, 0.3) is 10.0 Å². The Balaban J connectivity index is 2.31. The number of aromatic nitrogens is 1. The van der Waals surface area contributed by atoms with Crippen molar-refractivity contribution in [1.29, 1.82) is 0 Å². The Morgan fingerprint density at radius 2 is 2.12 bits per heavy atom. The van der Waals surface area contributed by atoms with Crippen molar-refractivity contribution in [3.05, 3.63) is 23.9 Å². The second kappa shape index (κ2) is 3.56. The zero-order chi connectivity index (χ0) is 12.8. The highest BCUT2D eigenvalue weighted by Gasteiger charge is 2.57. The van der Waals surface area contributed by atoms with Crippen LogP contribution in [0, 0.1) is 23.7 Å². The van der Waals surface area contributed by atoms with Gasteiger partial charge in [0.05, 0.1) is 0 Å². The van der Waals surface area contributed by atoms with Crippen LogP contribution >= 0.6 is 0 Å². The molecule has 1 aliphatic carbocycles. The number of primary sulfonamides is 1. The van der Waals surface area contributed by atoms with Gasteiger partial charge in [-0.05, 0) is 17.0 Å². The van der Waals surface area contributed by atoms with Crippen LogP contribution in [0.5, 0.6) is 0 Å². The Labute approximate surface area is 101 Å². The van der Waals surface area contributed by atoms with Crippen molar-refractivity contribution < 1.29 is 8.42 Å². The Morgan fingerprint density at radius 3 is 2.47 bits per heavy atom. The molecule has 1 aromatic rings. The molecule has 17 heavy (non-hydrogen) atoms. The molecule has 1 saturated carbocycles. The lowest BCUT2D eigenvalue weighted by Gasteiger charge is -2.03. The lowest BCUT2D eigenvalue weighted by atomic mass is 10.1. The van der Waals surface area contributed by atoms with Crippen molar-refractivity contribution >= 4 is 10.0 Å². The normalized spacial score (nSPS) is 26.2. The lowest BCUT2D eigenvalue weighted by Crippen LogP contribution is -2.13. The monoisotopic (exact) mass is 250 g/mol. The van der Waals surface area contributed by atoms with Crippen LogP contribution in [-0.2, 0) is 10.0 Å². The smallest absolute Gasteiger partial charge is 0.243 e. The SMILES string of the molecule is C#C[C@H]1[C@H](c2ccc(S(N)(=O)=O)nc2)C1(C)C. The van der Waals surface area contributed by atoms with Crippen molar-refractivity contribution in [3.8, 4) is 12.3 Å². The van der Waals surface area contributed by atoms with Gasteiger partial charge in [-0.15, -0.1) is 12.3 Å². The van der Waals surface area contributed by atoms with E-state index in [2.05, 4.69) is 24.8 Å². The van der Waals surface area contributed by atoms with Gasteiger partial charge in [-0.2, -0.15) is 0 Å². The van der Waals surface area contributed by atoms with E-state index in [4.69, 9.17) is 11.6 Å². The van der Waals surface area contributed by atoms with Crippen molar-refractivity contribution in [2.75, 3.05) is 0 Å². The molecule has 0 bridgehead atoms. The molecule has 0 radical (unpaired) electrons. The van der Waals surface area contributed by atoms with Crippen LogP contribution in [0.4, 0.5) is 0 Å². The molecular weight excluding hydrogens is 236 g/mol. The van der Waals surface area contributed by atoms with Crippen LogP contribution in [0.3, 0.4) is 0 Å². The van der Waals surface area contributed by atoms with Crippen molar-refractivity contribution in [2.45, 2.75) is 24.8 Å². The highest BCUT2D eigenvalue weighted by molar-refractivity contribution is 7.89. The molecule has 1 aromatic heterocycles. The molecule has 0 aliphatic heterocycles. The number of hydrogen-bond donors (Lipinski definition) is 1. The molecule has 1 heterocycles. The molecule has 0 amide bonds. The van der Waals surface area contributed by atoms with Gasteiger partial charge in [0.1, 0.15) is 0 Å². The van der Waals surface area contributed by atoms with Crippen LogP contribution in [0.2, 0.25) is 0 Å². The molecular formula is C12H14N2O2S. The summed E-state index contributed by atoms with van der Waals surface area (Å²) in [5, 5.41) is 4.87. The van der Waals surface area contributed by atoms with E-state index in [1.165, 1.54) is 6.07 Å². The first-order valence-corrected chi connectivity index (χ1v) is 6.78. The predicted octanol–water partition coefficient (Wildman–Crippen LogP) is 1.10. The average molecular weight is 250 g/mol. The van der Waals surface area contributed by atoms with Gasteiger partial charge in [0.2, 0.25) is 0 Å². The van der Waals surface area contributed by atoms with E-state index in [9.17, 15) is 8.42 Å². The van der Waals surface area contributed by atoms with E-state index in [1.54, 1.807) is 12.3 Å². The molecule has 1 aliphatic rings. The molecule has 1 fully saturated rings. The van der Waals surface area contributed by atoms with E-state index in [0.29, 0.717) is 0 Å². The topological polar surface area (TPSA) is 73.1 Å². The van der Waals surface area contributed by atoms with Gasteiger partial charge in [-0.3, -0.25) is 0 Å². The Hall–Kier alpha value is -1.38. The fourth-order valence-electron chi connectivity index (χ4n) is 2.31. The van der Waals surface area contributed by atoms with E-state index in [0.717, 1.165) is 5.56 Å². The number of nitrogens with zero attached hydrogens (tertiary/aromatic N) is 1. The molecule has 2 N–H and O–H groups in total. The average Bonchev–Trinajstić information content (AvgIpc) is 2.79. The number of pyridine rings is 1. The number of rotatable bonds is 2. The molecule has 2 atom stereocenters.